The van der Waals surface area contributed by atoms with Crippen molar-refractivity contribution in [3.05, 3.63) is 17.6 Å². The largest absolute Gasteiger partial charge is 0.377 e. The number of nitrogens with one attached hydrogen (secondary N) is 1. The van der Waals surface area contributed by atoms with Crippen LogP contribution in [0.15, 0.2) is 6.07 Å². The maximum absolute atomic E-state index is 5.60. The fourth-order valence-corrected chi connectivity index (χ4v) is 2.47. The van der Waals surface area contributed by atoms with Gasteiger partial charge in [-0.3, -0.25) is 4.90 Å². The second-order valence-electron chi connectivity index (χ2n) is 4.91. The van der Waals surface area contributed by atoms with Crippen LogP contribution in [0, 0.1) is 6.92 Å². The molecule has 0 aliphatic carbocycles. The molecule has 2 unspecified atom stereocenters. The maximum Gasteiger partial charge on any atom is 0.144 e. The van der Waals surface area contributed by atoms with E-state index in [2.05, 4.69) is 34.2 Å². The third-order valence-corrected chi connectivity index (χ3v) is 3.45. The summed E-state index contributed by atoms with van der Waals surface area (Å²) in [5.74, 6) is 1.74. The molecule has 2 heterocycles. The minimum atomic E-state index is 0.295. The van der Waals surface area contributed by atoms with Gasteiger partial charge in [0.05, 0.1) is 12.6 Å². The molecule has 0 spiro atoms. The van der Waals surface area contributed by atoms with Crippen molar-refractivity contribution < 1.29 is 4.74 Å². The molecule has 1 aromatic heterocycles. The lowest BCUT2D eigenvalue weighted by molar-refractivity contribution is 0.0806. The predicted molar refractivity (Wildman–Crippen MR) is 71.6 cm³/mol. The molecule has 2 rings (SSSR count). The predicted octanol–water partition coefficient (Wildman–Crippen LogP) is 1.44. The smallest absolute Gasteiger partial charge is 0.144 e. The number of likely N-dealkylation sites (N-methyl/N-ethyl adjacent to an activating group) is 1. The Morgan fingerprint density at radius 3 is 2.89 bits per heavy atom. The first-order chi connectivity index (χ1) is 8.60. The topological polar surface area (TPSA) is 50.3 Å². The first-order valence-corrected chi connectivity index (χ1v) is 6.44. The van der Waals surface area contributed by atoms with Crippen LogP contribution in [0.1, 0.15) is 24.9 Å². The monoisotopic (exact) mass is 250 g/mol. The molecule has 0 bridgehead atoms. The van der Waals surface area contributed by atoms with Crippen molar-refractivity contribution in [2.45, 2.75) is 39.0 Å². The van der Waals surface area contributed by atoms with Crippen LogP contribution >= 0.6 is 0 Å². The van der Waals surface area contributed by atoms with Crippen LogP contribution < -0.4 is 5.32 Å². The fraction of sp³-hybridized carbons (Fsp3) is 0.692. The van der Waals surface area contributed by atoms with Gasteiger partial charge in [0.1, 0.15) is 11.6 Å². The van der Waals surface area contributed by atoms with E-state index in [9.17, 15) is 0 Å². The van der Waals surface area contributed by atoms with Crippen LogP contribution in [0.25, 0.3) is 0 Å². The molecule has 1 aromatic rings. The zero-order valence-corrected chi connectivity index (χ0v) is 11.6. The van der Waals surface area contributed by atoms with Gasteiger partial charge in [0.15, 0.2) is 0 Å². The summed E-state index contributed by atoms with van der Waals surface area (Å²) in [4.78, 5) is 11.3. The normalized spacial score (nSPS) is 23.6. The summed E-state index contributed by atoms with van der Waals surface area (Å²) in [5.41, 5.74) is 0.994. The zero-order valence-electron chi connectivity index (χ0n) is 11.6. The lowest BCUT2D eigenvalue weighted by Gasteiger charge is -2.25. The van der Waals surface area contributed by atoms with E-state index in [0.717, 1.165) is 36.9 Å². The minimum Gasteiger partial charge on any atom is -0.377 e. The Labute approximate surface area is 109 Å². The van der Waals surface area contributed by atoms with E-state index in [0.29, 0.717) is 12.1 Å². The Morgan fingerprint density at radius 2 is 2.28 bits per heavy atom. The number of rotatable bonds is 4. The Bertz CT molecular complexity index is 410. The van der Waals surface area contributed by atoms with Gasteiger partial charge in [-0.25, -0.2) is 9.97 Å². The molecule has 1 aliphatic heterocycles. The molecule has 1 fully saturated rings. The Hall–Kier alpha value is -1.20. The number of ether oxygens (including phenoxy) is 1. The number of nitrogens with zero attached hydrogens (tertiary/aromatic N) is 3. The highest BCUT2D eigenvalue weighted by Crippen LogP contribution is 2.19. The number of aromatic nitrogens is 2. The summed E-state index contributed by atoms with van der Waals surface area (Å²) in [7, 11) is 3.99. The molecule has 2 atom stereocenters. The third-order valence-electron chi connectivity index (χ3n) is 3.45. The highest BCUT2D eigenvalue weighted by molar-refractivity contribution is 5.34. The molecule has 5 nitrogen and oxygen atoms in total. The van der Waals surface area contributed by atoms with E-state index in [1.165, 1.54) is 0 Å². The van der Waals surface area contributed by atoms with E-state index in [1.54, 1.807) is 0 Å². The summed E-state index contributed by atoms with van der Waals surface area (Å²) in [5, 5.41) is 3.07. The second kappa shape index (κ2) is 5.63. The Balaban J connectivity index is 2.06. The van der Waals surface area contributed by atoms with Gasteiger partial charge in [0.2, 0.25) is 0 Å². The molecular weight excluding hydrogens is 228 g/mol. The standard InChI is InChI=1S/C13H22N4O/c1-9-7-12(14-3)16-13(15-9)8-17(4)11-5-6-18-10(11)2/h7,10-11H,5-6,8H2,1-4H3,(H,14,15,16). The van der Waals surface area contributed by atoms with Gasteiger partial charge in [-0.1, -0.05) is 0 Å². The average Bonchev–Trinajstić information content (AvgIpc) is 2.74. The molecule has 1 saturated heterocycles. The lowest BCUT2D eigenvalue weighted by atomic mass is 10.1. The van der Waals surface area contributed by atoms with Crippen LogP contribution in [0.5, 0.6) is 0 Å². The van der Waals surface area contributed by atoms with E-state index >= 15 is 0 Å². The molecule has 0 radical (unpaired) electrons. The van der Waals surface area contributed by atoms with Crippen LogP contribution in [0.4, 0.5) is 5.82 Å². The molecular formula is C13H22N4O. The van der Waals surface area contributed by atoms with Crippen LogP contribution in [0.3, 0.4) is 0 Å². The van der Waals surface area contributed by atoms with Crippen molar-refractivity contribution in [3.8, 4) is 0 Å². The SMILES string of the molecule is CNc1cc(C)nc(CN(C)C2CCOC2C)n1. The van der Waals surface area contributed by atoms with Gasteiger partial charge in [-0.15, -0.1) is 0 Å². The summed E-state index contributed by atoms with van der Waals surface area (Å²) in [6.45, 7) is 5.74. The van der Waals surface area contributed by atoms with Crippen molar-refractivity contribution in [2.24, 2.45) is 0 Å². The Kier molecular flexibility index (Phi) is 4.14. The van der Waals surface area contributed by atoms with E-state index in [1.807, 2.05) is 20.0 Å². The molecule has 100 valence electrons. The van der Waals surface area contributed by atoms with Gasteiger partial charge in [0.25, 0.3) is 0 Å². The summed E-state index contributed by atoms with van der Waals surface area (Å²) < 4.78 is 5.60. The highest BCUT2D eigenvalue weighted by Gasteiger charge is 2.28. The molecule has 1 aliphatic rings. The van der Waals surface area contributed by atoms with Gasteiger partial charge in [-0.2, -0.15) is 0 Å². The number of hydrogen-bond donors (Lipinski definition) is 1. The maximum atomic E-state index is 5.60. The first kappa shape index (κ1) is 13.2. The molecule has 1 N–H and O–H groups in total. The first-order valence-electron chi connectivity index (χ1n) is 6.44. The summed E-state index contributed by atoms with van der Waals surface area (Å²) >= 11 is 0. The van der Waals surface area contributed by atoms with Crippen molar-refractivity contribution in [3.63, 3.8) is 0 Å². The molecule has 0 saturated carbocycles. The molecule has 5 heteroatoms. The summed E-state index contributed by atoms with van der Waals surface area (Å²) in [6.07, 6.45) is 1.38. The van der Waals surface area contributed by atoms with Gasteiger partial charge < -0.3 is 10.1 Å². The van der Waals surface area contributed by atoms with E-state index < -0.39 is 0 Å². The molecule has 0 amide bonds. The fourth-order valence-electron chi connectivity index (χ4n) is 2.47. The average molecular weight is 250 g/mol. The number of aryl methyl sites for hydroxylation is 1. The zero-order chi connectivity index (χ0) is 13.1. The quantitative estimate of drug-likeness (QED) is 0.876. The number of hydrogen-bond acceptors (Lipinski definition) is 5. The Morgan fingerprint density at radius 1 is 1.50 bits per heavy atom. The lowest BCUT2D eigenvalue weighted by Crippen LogP contribution is -2.36. The number of anilines is 1. The van der Waals surface area contributed by atoms with Crippen molar-refractivity contribution in [1.29, 1.82) is 0 Å². The molecule has 0 aromatic carbocycles. The van der Waals surface area contributed by atoms with Crippen molar-refractivity contribution in [1.82, 2.24) is 14.9 Å². The minimum absolute atomic E-state index is 0.295. The van der Waals surface area contributed by atoms with Crippen LogP contribution in [0.2, 0.25) is 0 Å². The second-order valence-corrected chi connectivity index (χ2v) is 4.91. The van der Waals surface area contributed by atoms with Gasteiger partial charge in [-0.05, 0) is 27.3 Å². The van der Waals surface area contributed by atoms with Crippen LogP contribution in [-0.2, 0) is 11.3 Å². The molecule has 18 heavy (non-hydrogen) atoms. The third kappa shape index (κ3) is 2.97. The van der Waals surface area contributed by atoms with Crippen LogP contribution in [-0.4, -0.2) is 47.7 Å². The summed E-state index contributed by atoms with van der Waals surface area (Å²) in [6, 6.07) is 2.41. The van der Waals surface area contributed by atoms with Crippen molar-refractivity contribution in [2.75, 3.05) is 26.0 Å². The van der Waals surface area contributed by atoms with Gasteiger partial charge in [0, 0.05) is 31.5 Å². The van der Waals surface area contributed by atoms with Crippen molar-refractivity contribution >= 4 is 5.82 Å². The van der Waals surface area contributed by atoms with E-state index in [4.69, 9.17) is 4.74 Å². The van der Waals surface area contributed by atoms with E-state index in [-0.39, 0.29) is 0 Å². The van der Waals surface area contributed by atoms with Gasteiger partial charge >= 0.3 is 0 Å². The highest BCUT2D eigenvalue weighted by atomic mass is 16.5.